The molecule has 0 aliphatic carbocycles. The number of hydrogen-bond acceptors (Lipinski definition) is 3. The van der Waals surface area contributed by atoms with Crippen LogP contribution in [-0.4, -0.2) is 35.7 Å². The van der Waals surface area contributed by atoms with Crippen LogP contribution in [0.2, 0.25) is 0 Å². The molecule has 0 amide bonds. The molecule has 0 radical (unpaired) electrons. The zero-order chi connectivity index (χ0) is 8.27. The first-order valence-electron chi connectivity index (χ1n) is 4.27. The Kier molecular flexibility index (Phi) is 3.69. The maximum absolute atomic E-state index is 3.55. The molecule has 66 valence electrons. The van der Waals surface area contributed by atoms with Gasteiger partial charge in [-0.25, -0.2) is 4.31 Å². The van der Waals surface area contributed by atoms with Crippen LogP contribution in [0.25, 0.3) is 0 Å². The fraction of sp³-hybridized carbons (Fsp3) is 1.00. The van der Waals surface area contributed by atoms with Gasteiger partial charge in [0.05, 0.1) is 0 Å². The Morgan fingerprint density at radius 1 is 1.55 bits per heavy atom. The first-order chi connectivity index (χ1) is 5.22. The minimum Gasteiger partial charge on any atom is -0.310 e. The summed E-state index contributed by atoms with van der Waals surface area (Å²) >= 11 is 1.86. The highest BCUT2D eigenvalue weighted by Gasteiger charge is 2.21. The Bertz CT molecular complexity index is 117. The lowest BCUT2D eigenvalue weighted by Gasteiger charge is -2.16. The van der Waals surface area contributed by atoms with Crippen molar-refractivity contribution in [1.82, 2.24) is 9.62 Å². The lowest BCUT2D eigenvalue weighted by Crippen LogP contribution is -2.35. The van der Waals surface area contributed by atoms with Crippen molar-refractivity contribution in [2.75, 3.05) is 19.3 Å². The zero-order valence-corrected chi connectivity index (χ0v) is 8.45. The van der Waals surface area contributed by atoms with Crippen molar-refractivity contribution in [2.45, 2.75) is 32.4 Å². The van der Waals surface area contributed by atoms with Gasteiger partial charge in [0.25, 0.3) is 0 Å². The normalized spacial score (nSPS) is 26.7. The van der Waals surface area contributed by atoms with E-state index in [0.717, 1.165) is 6.04 Å². The fourth-order valence-electron chi connectivity index (χ4n) is 1.50. The largest absolute Gasteiger partial charge is 0.310 e. The molecule has 1 fully saturated rings. The molecule has 0 aromatic carbocycles. The third-order valence-corrected chi connectivity index (χ3v) is 2.83. The highest BCUT2D eigenvalue weighted by molar-refractivity contribution is 7.96. The summed E-state index contributed by atoms with van der Waals surface area (Å²) in [5, 5.41) is 3.55. The molecule has 1 heterocycles. The van der Waals surface area contributed by atoms with Crippen LogP contribution >= 0.6 is 11.9 Å². The van der Waals surface area contributed by atoms with Crippen LogP contribution in [0.1, 0.15) is 20.3 Å². The number of hydrogen-bond donors (Lipinski definition) is 1. The molecule has 1 aliphatic heterocycles. The summed E-state index contributed by atoms with van der Waals surface area (Å²) in [5.74, 6) is 0. The Morgan fingerprint density at radius 2 is 2.27 bits per heavy atom. The molecule has 0 aromatic rings. The maximum atomic E-state index is 3.55. The van der Waals surface area contributed by atoms with Crippen molar-refractivity contribution in [3.8, 4) is 0 Å². The number of nitrogens with zero attached hydrogens (tertiary/aromatic N) is 1. The molecule has 3 heteroatoms. The fourth-order valence-corrected chi connectivity index (χ4v) is 2.12. The van der Waals surface area contributed by atoms with Crippen LogP contribution in [0.3, 0.4) is 0 Å². The van der Waals surface area contributed by atoms with Gasteiger partial charge in [-0.3, -0.25) is 0 Å². The summed E-state index contributed by atoms with van der Waals surface area (Å²) < 4.78 is 2.42. The van der Waals surface area contributed by atoms with Crippen LogP contribution in [0, 0.1) is 0 Å². The molecule has 1 N–H and O–H groups in total. The van der Waals surface area contributed by atoms with E-state index in [1.807, 2.05) is 11.9 Å². The quantitative estimate of drug-likeness (QED) is 0.650. The van der Waals surface area contributed by atoms with Gasteiger partial charge in [0.15, 0.2) is 0 Å². The molecule has 1 atom stereocenters. The molecule has 2 nitrogen and oxygen atoms in total. The smallest absolute Gasteiger partial charge is 0.0244 e. The van der Waals surface area contributed by atoms with Crippen LogP contribution < -0.4 is 5.32 Å². The molecule has 0 spiro atoms. The molecule has 0 unspecified atom stereocenters. The van der Waals surface area contributed by atoms with E-state index in [0.29, 0.717) is 6.04 Å². The van der Waals surface area contributed by atoms with Crippen molar-refractivity contribution < 1.29 is 0 Å². The Labute approximate surface area is 73.9 Å². The van der Waals surface area contributed by atoms with Crippen molar-refractivity contribution in [3.63, 3.8) is 0 Å². The lowest BCUT2D eigenvalue weighted by atomic mass is 10.2. The summed E-state index contributed by atoms with van der Waals surface area (Å²) in [6.45, 7) is 6.87. The predicted octanol–water partition coefficient (Wildman–Crippen LogP) is 1.34. The summed E-state index contributed by atoms with van der Waals surface area (Å²) in [5.41, 5.74) is 0. The third-order valence-electron chi connectivity index (χ3n) is 1.98. The number of rotatable bonds is 3. The second-order valence-corrected chi connectivity index (χ2v) is 4.26. The lowest BCUT2D eigenvalue weighted by molar-refractivity contribution is 0.469. The molecular formula is C8H18N2S. The molecule has 1 saturated heterocycles. The van der Waals surface area contributed by atoms with Crippen molar-refractivity contribution in [2.24, 2.45) is 0 Å². The van der Waals surface area contributed by atoms with Gasteiger partial charge in [0, 0.05) is 25.2 Å². The summed E-state index contributed by atoms with van der Waals surface area (Å²) in [7, 11) is 0. The van der Waals surface area contributed by atoms with Crippen LogP contribution in [0.5, 0.6) is 0 Å². The van der Waals surface area contributed by atoms with Crippen molar-refractivity contribution in [3.05, 3.63) is 0 Å². The SMILES string of the molecule is CSN1CC[C@@H](NC(C)C)C1. The Morgan fingerprint density at radius 3 is 2.73 bits per heavy atom. The van der Waals surface area contributed by atoms with Crippen LogP contribution in [0.4, 0.5) is 0 Å². The monoisotopic (exact) mass is 174 g/mol. The van der Waals surface area contributed by atoms with Gasteiger partial charge in [-0.1, -0.05) is 25.8 Å². The van der Waals surface area contributed by atoms with E-state index in [4.69, 9.17) is 0 Å². The van der Waals surface area contributed by atoms with Gasteiger partial charge in [0.2, 0.25) is 0 Å². The summed E-state index contributed by atoms with van der Waals surface area (Å²) in [6, 6.07) is 1.35. The van der Waals surface area contributed by atoms with E-state index in [2.05, 4.69) is 29.7 Å². The predicted molar refractivity (Wildman–Crippen MR) is 51.8 cm³/mol. The molecule has 0 aromatic heterocycles. The molecule has 1 aliphatic rings. The first kappa shape index (κ1) is 9.36. The van der Waals surface area contributed by atoms with Gasteiger partial charge in [-0.05, 0) is 12.7 Å². The number of nitrogens with one attached hydrogen (secondary N) is 1. The molecule has 11 heavy (non-hydrogen) atoms. The minimum atomic E-state index is 0.627. The molecule has 0 saturated carbocycles. The summed E-state index contributed by atoms with van der Waals surface area (Å²) in [6.07, 6.45) is 3.46. The van der Waals surface area contributed by atoms with Gasteiger partial charge >= 0.3 is 0 Å². The van der Waals surface area contributed by atoms with Crippen LogP contribution in [0.15, 0.2) is 0 Å². The second kappa shape index (κ2) is 4.33. The van der Waals surface area contributed by atoms with E-state index in [9.17, 15) is 0 Å². The van der Waals surface area contributed by atoms with E-state index >= 15 is 0 Å². The van der Waals surface area contributed by atoms with Crippen molar-refractivity contribution >= 4 is 11.9 Å². The highest BCUT2D eigenvalue weighted by atomic mass is 32.2. The first-order valence-corrected chi connectivity index (χ1v) is 5.45. The van der Waals surface area contributed by atoms with Gasteiger partial charge in [0.1, 0.15) is 0 Å². The highest BCUT2D eigenvalue weighted by Crippen LogP contribution is 2.16. The second-order valence-electron chi connectivity index (χ2n) is 3.38. The van der Waals surface area contributed by atoms with Gasteiger partial charge < -0.3 is 5.32 Å². The minimum absolute atomic E-state index is 0.627. The van der Waals surface area contributed by atoms with Crippen LogP contribution in [-0.2, 0) is 0 Å². The Hall–Kier alpha value is 0.270. The standard InChI is InChI=1S/C8H18N2S/c1-7(2)9-8-4-5-10(6-8)11-3/h7-9H,4-6H2,1-3H3/t8-/m1/s1. The van der Waals surface area contributed by atoms with Crippen molar-refractivity contribution in [1.29, 1.82) is 0 Å². The maximum Gasteiger partial charge on any atom is 0.0244 e. The molecule has 1 rings (SSSR count). The average Bonchev–Trinajstić information content (AvgIpc) is 2.34. The van der Waals surface area contributed by atoms with E-state index in [1.54, 1.807) is 0 Å². The van der Waals surface area contributed by atoms with E-state index in [1.165, 1.54) is 19.5 Å². The van der Waals surface area contributed by atoms with E-state index in [-0.39, 0.29) is 0 Å². The summed E-state index contributed by atoms with van der Waals surface area (Å²) in [4.78, 5) is 0. The van der Waals surface area contributed by atoms with E-state index < -0.39 is 0 Å². The topological polar surface area (TPSA) is 15.3 Å². The molecule has 0 bridgehead atoms. The van der Waals surface area contributed by atoms with Gasteiger partial charge in [-0.2, -0.15) is 0 Å². The Balaban J connectivity index is 2.19. The van der Waals surface area contributed by atoms with Gasteiger partial charge in [-0.15, -0.1) is 0 Å². The molecular weight excluding hydrogens is 156 g/mol. The average molecular weight is 174 g/mol. The third kappa shape index (κ3) is 3.01. The zero-order valence-electron chi connectivity index (χ0n) is 7.63.